The molecule has 0 aliphatic rings. The molecule has 3 rings (SSSR count). The Morgan fingerprint density at radius 1 is 0.966 bits per heavy atom. The second-order valence-electron chi connectivity index (χ2n) is 6.38. The zero-order valence-electron chi connectivity index (χ0n) is 16.0. The van der Waals surface area contributed by atoms with Crippen molar-refractivity contribution in [1.82, 2.24) is 15.6 Å². The van der Waals surface area contributed by atoms with Gasteiger partial charge in [-0.05, 0) is 47.5 Å². The molecule has 0 aliphatic heterocycles. The number of methoxy groups -OCH3 is 1. The van der Waals surface area contributed by atoms with E-state index in [1.54, 1.807) is 37.7 Å². The van der Waals surface area contributed by atoms with Crippen LogP contribution in [0.5, 0.6) is 5.75 Å². The van der Waals surface area contributed by atoms with Gasteiger partial charge in [0.05, 0.1) is 12.7 Å². The summed E-state index contributed by atoms with van der Waals surface area (Å²) in [7, 11) is 1.59. The molecule has 0 saturated heterocycles. The number of nitrogens with zero attached hydrogens (tertiary/aromatic N) is 1. The van der Waals surface area contributed by atoms with E-state index in [0.717, 1.165) is 11.1 Å². The van der Waals surface area contributed by atoms with Crippen LogP contribution in [-0.4, -0.2) is 23.9 Å². The zero-order chi connectivity index (χ0) is 20.6. The molecule has 29 heavy (non-hydrogen) atoms. The van der Waals surface area contributed by atoms with Crippen molar-refractivity contribution < 1.29 is 14.3 Å². The van der Waals surface area contributed by atoms with E-state index in [4.69, 9.17) is 10.5 Å². The van der Waals surface area contributed by atoms with Gasteiger partial charge < -0.3 is 21.1 Å². The molecule has 0 saturated carbocycles. The quantitative estimate of drug-likeness (QED) is 0.538. The molecule has 1 heterocycles. The summed E-state index contributed by atoms with van der Waals surface area (Å²) in [6.07, 6.45) is 3.35. The molecule has 148 valence electrons. The molecule has 7 heteroatoms. The SMILES string of the molecule is COc1cccc(CNC(=O)c2cc(C(=O)NCc3cccnc3)ccc2N)c1. The summed E-state index contributed by atoms with van der Waals surface area (Å²) in [4.78, 5) is 29.0. The molecule has 0 spiro atoms. The van der Waals surface area contributed by atoms with E-state index in [-0.39, 0.29) is 17.4 Å². The standard InChI is InChI=1S/C22H22N4O3/c1-29-18-6-2-4-15(10-18)13-26-22(28)19-11-17(7-8-20(19)23)21(27)25-14-16-5-3-9-24-12-16/h2-12H,13-14,23H2,1H3,(H,25,27)(H,26,28). The number of hydrogen-bond donors (Lipinski definition) is 3. The maximum Gasteiger partial charge on any atom is 0.253 e. The van der Waals surface area contributed by atoms with Crippen LogP contribution in [0.1, 0.15) is 31.8 Å². The van der Waals surface area contributed by atoms with Crippen LogP contribution in [0.25, 0.3) is 0 Å². The third-order valence-corrected chi connectivity index (χ3v) is 4.32. The molecule has 0 bridgehead atoms. The van der Waals surface area contributed by atoms with Gasteiger partial charge in [-0.1, -0.05) is 18.2 Å². The number of ether oxygens (including phenoxy) is 1. The summed E-state index contributed by atoms with van der Waals surface area (Å²) in [5, 5.41) is 5.62. The summed E-state index contributed by atoms with van der Waals surface area (Å²) in [6.45, 7) is 0.654. The van der Waals surface area contributed by atoms with Gasteiger partial charge in [-0.15, -0.1) is 0 Å². The Morgan fingerprint density at radius 2 is 1.72 bits per heavy atom. The van der Waals surface area contributed by atoms with Gasteiger partial charge in [0.25, 0.3) is 11.8 Å². The largest absolute Gasteiger partial charge is 0.497 e. The molecule has 2 amide bonds. The molecular formula is C22H22N4O3. The van der Waals surface area contributed by atoms with E-state index >= 15 is 0 Å². The van der Waals surface area contributed by atoms with Gasteiger partial charge in [0.1, 0.15) is 5.75 Å². The lowest BCUT2D eigenvalue weighted by molar-refractivity contribution is 0.0950. The molecule has 0 atom stereocenters. The van der Waals surface area contributed by atoms with E-state index in [9.17, 15) is 9.59 Å². The first-order valence-electron chi connectivity index (χ1n) is 9.04. The highest BCUT2D eigenvalue weighted by Crippen LogP contribution is 2.16. The Balaban J connectivity index is 1.65. The summed E-state index contributed by atoms with van der Waals surface area (Å²) < 4.78 is 5.18. The number of rotatable bonds is 7. The number of carbonyl (C=O) groups is 2. The highest BCUT2D eigenvalue weighted by atomic mass is 16.5. The molecule has 3 aromatic rings. The second-order valence-corrected chi connectivity index (χ2v) is 6.38. The zero-order valence-corrected chi connectivity index (χ0v) is 16.0. The van der Waals surface area contributed by atoms with E-state index < -0.39 is 0 Å². The Hall–Kier alpha value is -3.87. The number of carbonyl (C=O) groups excluding carboxylic acids is 2. The van der Waals surface area contributed by atoms with Crippen molar-refractivity contribution in [1.29, 1.82) is 0 Å². The average Bonchev–Trinajstić information content (AvgIpc) is 2.77. The number of amides is 2. The molecule has 2 aromatic carbocycles. The van der Waals surface area contributed by atoms with E-state index in [2.05, 4.69) is 15.6 Å². The first-order chi connectivity index (χ1) is 14.1. The van der Waals surface area contributed by atoms with Crippen LogP contribution in [0.4, 0.5) is 5.69 Å². The number of anilines is 1. The minimum atomic E-state index is -0.354. The monoisotopic (exact) mass is 390 g/mol. The van der Waals surface area contributed by atoms with Crippen molar-refractivity contribution in [3.63, 3.8) is 0 Å². The lowest BCUT2D eigenvalue weighted by Gasteiger charge is -2.11. The third kappa shape index (κ3) is 5.32. The number of hydrogen-bond acceptors (Lipinski definition) is 5. The predicted octanol–water partition coefficient (Wildman–Crippen LogP) is 2.53. The Labute approximate surface area is 168 Å². The number of nitrogens with one attached hydrogen (secondary N) is 2. The fourth-order valence-electron chi connectivity index (χ4n) is 2.74. The normalized spacial score (nSPS) is 10.2. The topological polar surface area (TPSA) is 106 Å². The third-order valence-electron chi connectivity index (χ3n) is 4.32. The van der Waals surface area contributed by atoms with Crippen molar-refractivity contribution >= 4 is 17.5 Å². The van der Waals surface area contributed by atoms with Crippen LogP contribution in [0.3, 0.4) is 0 Å². The lowest BCUT2D eigenvalue weighted by atomic mass is 10.1. The lowest BCUT2D eigenvalue weighted by Crippen LogP contribution is -2.26. The summed E-state index contributed by atoms with van der Waals surface area (Å²) in [6, 6.07) is 15.7. The first kappa shape index (κ1) is 19.9. The molecule has 0 unspecified atom stereocenters. The molecule has 0 radical (unpaired) electrons. The Bertz CT molecular complexity index is 1010. The Kier molecular flexibility index (Phi) is 6.42. The Morgan fingerprint density at radius 3 is 2.48 bits per heavy atom. The van der Waals surface area contributed by atoms with Gasteiger partial charge >= 0.3 is 0 Å². The van der Waals surface area contributed by atoms with Crippen LogP contribution < -0.4 is 21.1 Å². The fraction of sp³-hybridized carbons (Fsp3) is 0.136. The highest BCUT2D eigenvalue weighted by Gasteiger charge is 2.14. The molecule has 0 aliphatic carbocycles. The fourth-order valence-corrected chi connectivity index (χ4v) is 2.74. The van der Waals surface area contributed by atoms with Crippen molar-refractivity contribution in [3.05, 3.63) is 89.2 Å². The number of nitrogen functional groups attached to an aromatic ring is 1. The number of aromatic nitrogens is 1. The van der Waals surface area contributed by atoms with Crippen LogP contribution >= 0.6 is 0 Å². The first-order valence-corrected chi connectivity index (χ1v) is 9.04. The van der Waals surface area contributed by atoms with Gasteiger partial charge in [0.15, 0.2) is 0 Å². The van der Waals surface area contributed by atoms with Crippen molar-refractivity contribution in [2.75, 3.05) is 12.8 Å². The van der Waals surface area contributed by atoms with Crippen LogP contribution in [0.2, 0.25) is 0 Å². The summed E-state index contributed by atoms with van der Waals surface area (Å²) in [5.74, 6) is 0.0616. The van der Waals surface area contributed by atoms with Crippen molar-refractivity contribution in [2.24, 2.45) is 0 Å². The highest BCUT2D eigenvalue weighted by molar-refractivity contribution is 6.03. The second kappa shape index (κ2) is 9.36. The minimum Gasteiger partial charge on any atom is -0.497 e. The smallest absolute Gasteiger partial charge is 0.253 e. The predicted molar refractivity (Wildman–Crippen MR) is 110 cm³/mol. The van der Waals surface area contributed by atoms with E-state index in [1.165, 1.54) is 6.07 Å². The van der Waals surface area contributed by atoms with Gasteiger partial charge in [-0.3, -0.25) is 14.6 Å². The van der Waals surface area contributed by atoms with Crippen molar-refractivity contribution in [2.45, 2.75) is 13.1 Å². The van der Waals surface area contributed by atoms with Gasteiger partial charge in [0.2, 0.25) is 0 Å². The minimum absolute atomic E-state index is 0.252. The average molecular weight is 390 g/mol. The van der Waals surface area contributed by atoms with E-state index in [1.807, 2.05) is 30.3 Å². The van der Waals surface area contributed by atoms with E-state index in [0.29, 0.717) is 30.1 Å². The van der Waals surface area contributed by atoms with Crippen LogP contribution in [0, 0.1) is 0 Å². The summed E-state index contributed by atoms with van der Waals surface area (Å²) >= 11 is 0. The van der Waals surface area contributed by atoms with Gasteiger partial charge in [-0.2, -0.15) is 0 Å². The van der Waals surface area contributed by atoms with Crippen molar-refractivity contribution in [3.8, 4) is 5.75 Å². The number of benzene rings is 2. The maximum atomic E-state index is 12.6. The maximum absolute atomic E-state index is 12.6. The van der Waals surface area contributed by atoms with Gasteiger partial charge in [0, 0.05) is 36.7 Å². The molecule has 0 fully saturated rings. The molecular weight excluding hydrogens is 368 g/mol. The van der Waals surface area contributed by atoms with Crippen LogP contribution in [0.15, 0.2) is 67.0 Å². The molecule has 7 nitrogen and oxygen atoms in total. The number of pyridine rings is 1. The van der Waals surface area contributed by atoms with Crippen LogP contribution in [-0.2, 0) is 13.1 Å². The molecule has 4 N–H and O–H groups in total. The van der Waals surface area contributed by atoms with Gasteiger partial charge in [-0.25, -0.2) is 0 Å². The number of nitrogens with two attached hydrogens (primary N) is 1. The molecule has 1 aromatic heterocycles. The summed E-state index contributed by atoms with van der Waals surface area (Å²) in [5.41, 5.74) is 8.63.